The molecule has 10 rings (SSSR count). The van der Waals surface area contributed by atoms with Gasteiger partial charge in [-0.15, -0.1) is 22.7 Å². The summed E-state index contributed by atoms with van der Waals surface area (Å²) in [4.78, 5) is 15.2. The highest BCUT2D eigenvalue weighted by atomic mass is 32.1. The van der Waals surface area contributed by atoms with Gasteiger partial charge in [-0.25, -0.2) is 4.98 Å². The molecular weight excluding hydrogens is 589 g/mol. The van der Waals surface area contributed by atoms with Crippen molar-refractivity contribution in [3.05, 3.63) is 133 Å². The van der Waals surface area contributed by atoms with Gasteiger partial charge < -0.3 is 0 Å². The number of nitrogens with zero attached hydrogens (tertiary/aromatic N) is 4. The first-order valence-electron chi connectivity index (χ1n) is 14.9. The maximum absolute atomic E-state index is 5.11. The van der Waals surface area contributed by atoms with E-state index in [4.69, 9.17) is 15.0 Å². The molecule has 6 heteroatoms. The normalized spacial score (nSPS) is 12.0. The summed E-state index contributed by atoms with van der Waals surface area (Å²) < 4.78 is 7.48. The fraction of sp³-hybridized carbons (Fsp3) is 0. The summed E-state index contributed by atoms with van der Waals surface area (Å²) in [7, 11) is 0. The predicted molar refractivity (Wildman–Crippen MR) is 191 cm³/mol. The lowest BCUT2D eigenvalue weighted by Gasteiger charge is -2.10. The molecule has 210 valence electrons. The molecule has 0 saturated carbocycles. The van der Waals surface area contributed by atoms with Crippen LogP contribution in [0.15, 0.2) is 133 Å². The number of hydrogen-bond acceptors (Lipinski definition) is 5. The summed E-state index contributed by atoms with van der Waals surface area (Å²) in [6.07, 6.45) is 0. The Labute approximate surface area is 265 Å². The van der Waals surface area contributed by atoms with Gasteiger partial charge in [0.2, 0.25) is 5.95 Å². The van der Waals surface area contributed by atoms with Crippen LogP contribution in [0.2, 0.25) is 0 Å². The highest BCUT2D eigenvalue weighted by Crippen LogP contribution is 2.46. The molecule has 4 aromatic heterocycles. The van der Waals surface area contributed by atoms with Crippen LogP contribution >= 0.6 is 22.7 Å². The Kier molecular flexibility index (Phi) is 5.29. The second kappa shape index (κ2) is 9.53. The van der Waals surface area contributed by atoms with Gasteiger partial charge >= 0.3 is 0 Å². The molecule has 0 aliphatic rings. The van der Waals surface area contributed by atoms with E-state index in [2.05, 4.69) is 102 Å². The molecule has 0 unspecified atom stereocenters. The summed E-state index contributed by atoms with van der Waals surface area (Å²) in [5.74, 6) is 1.92. The SMILES string of the molecule is c1ccc(-c2nc(-c3ccccc3)nc(-n3c4ccccc4c4cc5c(cc43)sc3c5ccc4sc5ccccc5c43)n2)cc1. The van der Waals surface area contributed by atoms with Crippen LogP contribution in [0, 0.1) is 0 Å². The average molecular weight is 611 g/mol. The van der Waals surface area contributed by atoms with Gasteiger partial charge in [-0.1, -0.05) is 103 Å². The molecule has 0 radical (unpaired) electrons. The Bertz CT molecular complexity index is 2700. The van der Waals surface area contributed by atoms with Gasteiger partial charge in [-0.2, -0.15) is 9.97 Å². The molecule has 4 nitrogen and oxygen atoms in total. The van der Waals surface area contributed by atoms with Crippen molar-refractivity contribution < 1.29 is 0 Å². The second-order valence-corrected chi connectivity index (χ2v) is 13.4. The highest BCUT2D eigenvalue weighted by Gasteiger charge is 2.20. The third-order valence-electron chi connectivity index (χ3n) is 8.66. The third-order valence-corrected chi connectivity index (χ3v) is 11.0. The lowest BCUT2D eigenvalue weighted by Crippen LogP contribution is -2.06. The van der Waals surface area contributed by atoms with Crippen LogP contribution in [0.25, 0.3) is 90.9 Å². The van der Waals surface area contributed by atoms with Gasteiger partial charge in [-0.3, -0.25) is 4.57 Å². The van der Waals surface area contributed by atoms with Gasteiger partial charge in [-0.05, 0) is 30.3 Å². The minimum Gasteiger partial charge on any atom is -0.278 e. The third kappa shape index (κ3) is 3.73. The molecule has 0 bridgehead atoms. The highest BCUT2D eigenvalue weighted by molar-refractivity contribution is 7.29. The van der Waals surface area contributed by atoms with Gasteiger partial charge in [0, 0.05) is 62.2 Å². The molecule has 0 N–H and O–H groups in total. The predicted octanol–water partition coefficient (Wildman–Crippen LogP) is 11.0. The Balaban J connectivity index is 1.30. The number of fused-ring (bicyclic) bond motifs is 10. The zero-order chi connectivity index (χ0) is 29.5. The molecule has 0 spiro atoms. The maximum atomic E-state index is 5.11. The van der Waals surface area contributed by atoms with E-state index in [0.29, 0.717) is 17.6 Å². The first-order valence-corrected chi connectivity index (χ1v) is 16.5. The standard InChI is InChI=1S/C39H22N4S2/c1-3-11-23(12-4-1)37-40-38(24-13-5-2-6-14-24)42-39(41-37)43-30-17-9-7-15-25(30)28-21-29-26-19-20-33-35(27-16-8-10-18-32(27)44-33)36(26)45-34(29)22-31(28)43/h1-22H. The average Bonchev–Trinajstić information content (AvgIpc) is 3.76. The minimum atomic E-state index is 0.612. The minimum absolute atomic E-state index is 0.612. The van der Waals surface area contributed by atoms with Gasteiger partial charge in [0.25, 0.3) is 0 Å². The number of aromatic nitrogens is 4. The number of thiophene rings is 2. The Morgan fingerprint density at radius 2 is 1.09 bits per heavy atom. The number of para-hydroxylation sites is 1. The largest absolute Gasteiger partial charge is 0.278 e. The van der Waals surface area contributed by atoms with E-state index in [1.807, 2.05) is 59.1 Å². The van der Waals surface area contributed by atoms with Crippen LogP contribution in [-0.4, -0.2) is 19.5 Å². The van der Waals surface area contributed by atoms with Gasteiger partial charge in [0.15, 0.2) is 11.6 Å². The Hall–Kier alpha value is -5.43. The van der Waals surface area contributed by atoms with Crippen molar-refractivity contribution in [2.45, 2.75) is 0 Å². The monoisotopic (exact) mass is 610 g/mol. The number of rotatable bonds is 3. The number of hydrogen-bond donors (Lipinski definition) is 0. The quantitative estimate of drug-likeness (QED) is 0.200. The van der Waals surface area contributed by atoms with Crippen LogP contribution in [-0.2, 0) is 0 Å². The molecule has 0 amide bonds. The first-order chi connectivity index (χ1) is 22.3. The molecule has 0 atom stereocenters. The van der Waals surface area contributed by atoms with Gasteiger partial charge in [0.05, 0.1) is 11.0 Å². The lowest BCUT2D eigenvalue weighted by molar-refractivity contribution is 0.954. The topological polar surface area (TPSA) is 43.6 Å². The Morgan fingerprint density at radius 3 is 1.84 bits per heavy atom. The van der Waals surface area contributed by atoms with Crippen LogP contribution in [0.5, 0.6) is 0 Å². The molecule has 0 fully saturated rings. The lowest BCUT2D eigenvalue weighted by atomic mass is 10.1. The van der Waals surface area contributed by atoms with Crippen molar-refractivity contribution in [2.24, 2.45) is 0 Å². The van der Waals surface area contributed by atoms with E-state index in [0.717, 1.165) is 22.2 Å². The zero-order valence-corrected chi connectivity index (χ0v) is 25.4. The van der Waals surface area contributed by atoms with Crippen molar-refractivity contribution in [3.63, 3.8) is 0 Å². The van der Waals surface area contributed by atoms with E-state index in [9.17, 15) is 0 Å². The molecule has 0 aliphatic heterocycles. The van der Waals surface area contributed by atoms with Crippen LogP contribution in [0.1, 0.15) is 0 Å². The van der Waals surface area contributed by atoms with E-state index in [1.54, 1.807) is 0 Å². The van der Waals surface area contributed by atoms with Crippen LogP contribution in [0.4, 0.5) is 0 Å². The van der Waals surface area contributed by atoms with E-state index < -0.39 is 0 Å². The molecule has 0 aliphatic carbocycles. The van der Waals surface area contributed by atoms with Crippen LogP contribution in [0.3, 0.4) is 0 Å². The van der Waals surface area contributed by atoms with E-state index in [-0.39, 0.29) is 0 Å². The molecule has 0 saturated heterocycles. The molecule has 45 heavy (non-hydrogen) atoms. The summed E-state index contributed by atoms with van der Waals surface area (Å²) in [5.41, 5.74) is 4.08. The zero-order valence-electron chi connectivity index (χ0n) is 23.8. The first kappa shape index (κ1) is 25.0. The molecular formula is C39H22N4S2. The van der Waals surface area contributed by atoms with Gasteiger partial charge in [0.1, 0.15) is 0 Å². The summed E-state index contributed by atoms with van der Waals surface area (Å²) in [6, 6.07) is 47.0. The van der Waals surface area contributed by atoms with E-state index >= 15 is 0 Å². The maximum Gasteiger partial charge on any atom is 0.238 e. The number of benzene rings is 6. The molecule has 10 aromatic rings. The smallest absolute Gasteiger partial charge is 0.238 e. The second-order valence-electron chi connectivity index (χ2n) is 11.2. The summed E-state index contributed by atoms with van der Waals surface area (Å²) in [6.45, 7) is 0. The molecule has 6 aromatic carbocycles. The van der Waals surface area contributed by atoms with Crippen molar-refractivity contribution in [1.29, 1.82) is 0 Å². The van der Waals surface area contributed by atoms with E-state index in [1.165, 1.54) is 51.1 Å². The summed E-state index contributed by atoms with van der Waals surface area (Å²) >= 11 is 3.75. The summed E-state index contributed by atoms with van der Waals surface area (Å²) in [5, 5.41) is 7.66. The fourth-order valence-electron chi connectivity index (χ4n) is 6.62. The van der Waals surface area contributed by atoms with Crippen LogP contribution < -0.4 is 0 Å². The van der Waals surface area contributed by atoms with Crippen molar-refractivity contribution in [1.82, 2.24) is 19.5 Å². The Morgan fingerprint density at radius 1 is 0.422 bits per heavy atom. The van der Waals surface area contributed by atoms with Crippen molar-refractivity contribution in [2.75, 3.05) is 0 Å². The van der Waals surface area contributed by atoms with Crippen molar-refractivity contribution >= 4 is 84.8 Å². The fourth-order valence-corrected chi connectivity index (χ4v) is 9.07. The van der Waals surface area contributed by atoms with Crippen molar-refractivity contribution in [3.8, 4) is 28.7 Å². The molecule has 4 heterocycles.